The van der Waals surface area contributed by atoms with E-state index in [9.17, 15) is 0 Å². The molecule has 0 aliphatic rings. The molecule has 0 aliphatic heterocycles. The summed E-state index contributed by atoms with van der Waals surface area (Å²) in [4.78, 5) is 2.17. The van der Waals surface area contributed by atoms with Gasteiger partial charge in [-0.05, 0) is 35.9 Å². The van der Waals surface area contributed by atoms with Crippen LogP contribution in [0.3, 0.4) is 0 Å². The molecule has 4 aromatic rings. The highest BCUT2D eigenvalue weighted by Gasteiger charge is 2.10. The molecule has 1 heterocycles. The fourth-order valence-corrected chi connectivity index (χ4v) is 3.05. The Hall–Kier alpha value is -3.24. The monoisotopic (exact) mass is 355 g/mol. The Labute approximate surface area is 159 Å². The molecule has 1 aromatic heterocycles. The highest BCUT2D eigenvalue weighted by atomic mass is 16.4. The lowest BCUT2D eigenvalue weighted by Gasteiger charge is -2.14. The lowest BCUT2D eigenvalue weighted by Crippen LogP contribution is -2.17. The highest BCUT2D eigenvalue weighted by Crippen LogP contribution is 2.20. The molecule has 0 saturated heterocycles. The molecule has 3 aromatic carbocycles. The minimum absolute atomic E-state index is 0.561. The van der Waals surface area contributed by atoms with Crippen LogP contribution in [-0.2, 0) is 13.1 Å². The summed E-state index contributed by atoms with van der Waals surface area (Å²) in [5, 5.41) is 8.32. The summed E-state index contributed by atoms with van der Waals surface area (Å²) < 4.78 is 5.79. The van der Waals surface area contributed by atoms with Crippen molar-refractivity contribution < 1.29 is 4.42 Å². The van der Waals surface area contributed by atoms with Crippen molar-refractivity contribution in [2.24, 2.45) is 0 Å². The summed E-state index contributed by atoms with van der Waals surface area (Å²) in [7, 11) is 2.05. The number of nitrogens with zero attached hydrogens (tertiary/aromatic N) is 3. The first kappa shape index (κ1) is 17.2. The van der Waals surface area contributed by atoms with Gasteiger partial charge in [0.05, 0.1) is 6.54 Å². The van der Waals surface area contributed by atoms with Crippen LogP contribution in [0.4, 0.5) is 0 Å². The molecule has 0 fully saturated rings. The molecule has 4 nitrogen and oxygen atoms in total. The topological polar surface area (TPSA) is 42.2 Å². The molecule has 0 amide bonds. The van der Waals surface area contributed by atoms with E-state index in [1.165, 1.54) is 16.7 Å². The second-order valence-corrected chi connectivity index (χ2v) is 6.60. The fraction of sp³-hybridized carbons (Fsp3) is 0.130. The average Bonchev–Trinajstić information content (AvgIpc) is 3.18. The van der Waals surface area contributed by atoms with Gasteiger partial charge in [-0.15, -0.1) is 10.2 Å². The molecular formula is C23H21N3O. The summed E-state index contributed by atoms with van der Waals surface area (Å²) >= 11 is 0. The van der Waals surface area contributed by atoms with E-state index >= 15 is 0 Å². The van der Waals surface area contributed by atoms with Gasteiger partial charge < -0.3 is 4.42 Å². The van der Waals surface area contributed by atoms with E-state index in [0.717, 1.165) is 12.1 Å². The standard InChI is InChI=1S/C23H21N3O/c1-26(17-22-24-25-23(27-22)21-10-6-3-7-11-21)16-18-12-14-20(15-13-18)19-8-4-2-5-9-19/h2-15H,16-17H2,1H3. The maximum Gasteiger partial charge on any atom is 0.247 e. The molecule has 0 bridgehead atoms. The van der Waals surface area contributed by atoms with Crippen LogP contribution < -0.4 is 0 Å². The molecule has 0 aliphatic carbocycles. The van der Waals surface area contributed by atoms with Crippen molar-refractivity contribution in [2.75, 3.05) is 7.05 Å². The number of hydrogen-bond donors (Lipinski definition) is 0. The van der Waals surface area contributed by atoms with Crippen LogP contribution in [0, 0.1) is 0 Å². The lowest BCUT2D eigenvalue weighted by atomic mass is 10.0. The second-order valence-electron chi connectivity index (χ2n) is 6.60. The molecular weight excluding hydrogens is 334 g/mol. The zero-order valence-corrected chi connectivity index (χ0v) is 15.2. The van der Waals surface area contributed by atoms with Crippen LogP contribution in [-0.4, -0.2) is 22.1 Å². The van der Waals surface area contributed by atoms with Gasteiger partial charge >= 0.3 is 0 Å². The van der Waals surface area contributed by atoms with Crippen molar-refractivity contribution in [2.45, 2.75) is 13.1 Å². The summed E-state index contributed by atoms with van der Waals surface area (Å²) in [6.45, 7) is 1.43. The van der Waals surface area contributed by atoms with Crippen molar-refractivity contribution in [3.8, 4) is 22.6 Å². The van der Waals surface area contributed by atoms with Crippen molar-refractivity contribution in [3.63, 3.8) is 0 Å². The number of rotatable bonds is 6. The zero-order chi connectivity index (χ0) is 18.5. The van der Waals surface area contributed by atoms with Gasteiger partial charge in [-0.25, -0.2) is 0 Å². The molecule has 0 spiro atoms. The first-order valence-electron chi connectivity index (χ1n) is 8.98. The van der Waals surface area contributed by atoms with Gasteiger partial charge in [0.2, 0.25) is 11.8 Å². The van der Waals surface area contributed by atoms with Crippen LogP contribution in [0.25, 0.3) is 22.6 Å². The number of hydrogen-bond acceptors (Lipinski definition) is 4. The average molecular weight is 355 g/mol. The van der Waals surface area contributed by atoms with Gasteiger partial charge in [-0.3, -0.25) is 4.90 Å². The van der Waals surface area contributed by atoms with Gasteiger partial charge in [-0.2, -0.15) is 0 Å². The van der Waals surface area contributed by atoms with Crippen molar-refractivity contribution in [1.82, 2.24) is 15.1 Å². The largest absolute Gasteiger partial charge is 0.419 e. The molecule has 0 atom stereocenters. The minimum atomic E-state index is 0.561. The maximum absolute atomic E-state index is 5.79. The summed E-state index contributed by atoms with van der Waals surface area (Å²) in [5.41, 5.74) is 4.65. The van der Waals surface area contributed by atoms with E-state index in [1.54, 1.807) is 0 Å². The molecule has 134 valence electrons. The van der Waals surface area contributed by atoms with Gasteiger partial charge in [0.15, 0.2) is 0 Å². The fourth-order valence-electron chi connectivity index (χ4n) is 3.05. The van der Waals surface area contributed by atoms with E-state index in [1.807, 2.05) is 36.4 Å². The normalized spacial score (nSPS) is 11.0. The number of benzene rings is 3. The van der Waals surface area contributed by atoms with Gasteiger partial charge in [0, 0.05) is 12.1 Å². The smallest absolute Gasteiger partial charge is 0.247 e. The quantitative estimate of drug-likeness (QED) is 0.486. The Morgan fingerprint density at radius 3 is 1.93 bits per heavy atom. The van der Waals surface area contributed by atoms with E-state index < -0.39 is 0 Å². The van der Waals surface area contributed by atoms with Gasteiger partial charge in [0.25, 0.3) is 0 Å². The molecule has 4 rings (SSSR count). The predicted molar refractivity (Wildman–Crippen MR) is 107 cm³/mol. The summed E-state index contributed by atoms with van der Waals surface area (Å²) in [6.07, 6.45) is 0. The maximum atomic E-state index is 5.79. The Morgan fingerprint density at radius 1 is 0.667 bits per heavy atom. The van der Waals surface area contributed by atoms with Crippen LogP contribution >= 0.6 is 0 Å². The lowest BCUT2D eigenvalue weighted by molar-refractivity contribution is 0.283. The third kappa shape index (κ3) is 4.30. The van der Waals surface area contributed by atoms with Gasteiger partial charge in [-0.1, -0.05) is 72.8 Å². The molecule has 0 N–H and O–H groups in total. The van der Waals surface area contributed by atoms with Crippen LogP contribution in [0.2, 0.25) is 0 Å². The number of aromatic nitrogens is 2. The Balaban J connectivity index is 1.38. The molecule has 0 saturated carbocycles. The Bertz CT molecular complexity index is 979. The van der Waals surface area contributed by atoms with Gasteiger partial charge in [0.1, 0.15) is 0 Å². The van der Waals surface area contributed by atoms with Crippen LogP contribution in [0.1, 0.15) is 11.5 Å². The molecule has 27 heavy (non-hydrogen) atoms. The summed E-state index contributed by atoms with van der Waals surface area (Å²) in [6, 6.07) is 28.9. The SMILES string of the molecule is CN(Cc1ccc(-c2ccccc2)cc1)Cc1nnc(-c2ccccc2)o1. The molecule has 0 radical (unpaired) electrons. The van der Waals surface area contributed by atoms with Crippen molar-refractivity contribution in [1.29, 1.82) is 0 Å². The Kier molecular flexibility index (Phi) is 5.08. The molecule has 4 heteroatoms. The van der Waals surface area contributed by atoms with E-state index in [-0.39, 0.29) is 0 Å². The van der Waals surface area contributed by atoms with E-state index in [4.69, 9.17) is 4.42 Å². The van der Waals surface area contributed by atoms with E-state index in [0.29, 0.717) is 18.3 Å². The first-order valence-corrected chi connectivity index (χ1v) is 8.98. The highest BCUT2D eigenvalue weighted by molar-refractivity contribution is 5.63. The molecule has 0 unspecified atom stereocenters. The van der Waals surface area contributed by atoms with Crippen molar-refractivity contribution in [3.05, 3.63) is 96.4 Å². The van der Waals surface area contributed by atoms with Crippen LogP contribution in [0.15, 0.2) is 89.3 Å². The summed E-state index contributed by atoms with van der Waals surface area (Å²) in [5.74, 6) is 1.18. The predicted octanol–water partition coefficient (Wildman–Crippen LogP) is 5.04. The Morgan fingerprint density at radius 2 is 1.26 bits per heavy atom. The minimum Gasteiger partial charge on any atom is -0.419 e. The second kappa shape index (κ2) is 7.98. The zero-order valence-electron chi connectivity index (χ0n) is 15.2. The third-order valence-electron chi connectivity index (χ3n) is 4.41. The van der Waals surface area contributed by atoms with Crippen LogP contribution in [0.5, 0.6) is 0 Å². The van der Waals surface area contributed by atoms with Crippen molar-refractivity contribution >= 4 is 0 Å². The first-order chi connectivity index (χ1) is 13.3. The van der Waals surface area contributed by atoms with E-state index in [2.05, 4.69) is 70.7 Å². The third-order valence-corrected chi connectivity index (χ3v) is 4.41.